The van der Waals surface area contributed by atoms with Crippen molar-refractivity contribution in [3.05, 3.63) is 150 Å². The largest absolute Gasteiger partial charge is 0.184 e. The van der Waals surface area contributed by atoms with Crippen LogP contribution in [0.2, 0.25) is 0 Å². The molecule has 0 unspecified atom stereocenters. The van der Waals surface area contributed by atoms with Gasteiger partial charge in [0.15, 0.2) is 0 Å². The molecule has 0 amide bonds. The standard InChI is InChI=1S/2C14H15.C6H5.CH3.2ClH.GeH2.Zr/c2*1-3-12-7-9-13(10-8-12)14-6-4-5-11(14)2;1-2-4-6-5-3-1;;;;;/h2*6-10H,3-4H2,1-2H3;1-5H;1H3;2*1H;1H2;/q4*-1;;;;. The van der Waals surface area contributed by atoms with Gasteiger partial charge in [-0.1, -0.05) is 76.2 Å². The van der Waals surface area contributed by atoms with Gasteiger partial charge in [-0.25, -0.2) is 11.1 Å². The van der Waals surface area contributed by atoms with Crippen LogP contribution in [-0.2, 0) is 34.4 Å². The normalized spacial score (nSPS) is 12.3. The summed E-state index contributed by atoms with van der Waals surface area (Å²) in [4.78, 5) is 0. The number of allylic oxidation sites excluding steroid dienone is 8. The average molecular weight is 697 g/mol. The molecule has 2 aliphatic rings. The Morgan fingerprint density at radius 1 is 0.641 bits per heavy atom. The summed E-state index contributed by atoms with van der Waals surface area (Å²) >= 11 is 3.14. The fraction of sp³-hybridized carbons (Fsp3) is 0.229. The van der Waals surface area contributed by atoms with Gasteiger partial charge in [-0.3, -0.25) is 12.2 Å². The monoisotopic (exact) mass is 696 g/mol. The average Bonchev–Trinajstić information content (AvgIpc) is 3.59. The van der Waals surface area contributed by atoms with Crippen molar-refractivity contribution in [3.63, 3.8) is 0 Å². The first kappa shape index (κ1) is 39.8. The first-order valence-corrected chi connectivity index (χ1v) is 23.1. The Morgan fingerprint density at radius 2 is 1.00 bits per heavy atom. The van der Waals surface area contributed by atoms with Crippen LogP contribution in [0.5, 0.6) is 0 Å². The van der Waals surface area contributed by atoms with Gasteiger partial charge in [0.2, 0.25) is 0 Å². The van der Waals surface area contributed by atoms with E-state index >= 15 is 0 Å². The number of hydrogen-bond donors (Lipinski definition) is 0. The van der Waals surface area contributed by atoms with E-state index in [1.165, 1.54) is 56.7 Å². The molecule has 0 saturated heterocycles. The van der Waals surface area contributed by atoms with Crippen LogP contribution in [-0.4, -0.2) is 12.1 Å². The quantitative estimate of drug-likeness (QED) is 0.188. The van der Waals surface area contributed by atoms with Gasteiger partial charge in [0.1, 0.15) is 0 Å². The topological polar surface area (TPSA) is 0 Å². The summed E-state index contributed by atoms with van der Waals surface area (Å²) in [6.07, 6.45) is 15.3. The van der Waals surface area contributed by atoms with Crippen LogP contribution in [0.25, 0.3) is 11.1 Å². The van der Waals surface area contributed by atoms with Gasteiger partial charge >= 0.3 is 33.7 Å². The molecule has 39 heavy (non-hydrogen) atoms. The van der Waals surface area contributed by atoms with Crippen LogP contribution >= 0.6 is 24.8 Å². The van der Waals surface area contributed by atoms with Crippen LogP contribution in [0.3, 0.4) is 0 Å². The number of aryl methyl sites for hydroxylation is 2. The zero-order valence-corrected chi connectivity index (χ0v) is 31.1. The van der Waals surface area contributed by atoms with E-state index < -0.39 is 0 Å². The number of halogens is 2. The minimum atomic E-state index is 0. The van der Waals surface area contributed by atoms with Gasteiger partial charge in [0.05, 0.1) is 0 Å². The molecule has 0 N–H and O–H groups in total. The van der Waals surface area contributed by atoms with Gasteiger partial charge in [0.25, 0.3) is 0 Å². The Morgan fingerprint density at radius 3 is 1.21 bits per heavy atom. The fourth-order valence-corrected chi connectivity index (χ4v) is 3.96. The molecular weight excluding hydrogens is 655 g/mol. The summed E-state index contributed by atoms with van der Waals surface area (Å²) in [5, 5.41) is 0. The van der Waals surface area contributed by atoms with Crippen molar-refractivity contribution in [3.8, 4) is 0 Å². The molecule has 0 heterocycles. The van der Waals surface area contributed by atoms with Crippen LogP contribution in [0, 0.1) is 25.6 Å². The van der Waals surface area contributed by atoms with Gasteiger partial charge in [0, 0.05) is 0 Å². The predicted octanol–water partition coefficient (Wildman–Crippen LogP) is 9.43. The second kappa shape index (κ2) is 23.3. The van der Waals surface area contributed by atoms with Crippen LogP contribution < -0.4 is 0 Å². The summed E-state index contributed by atoms with van der Waals surface area (Å²) in [5.74, 6) is 0. The molecule has 4 heteroatoms. The molecule has 0 aliphatic heterocycles. The second-order valence-electron chi connectivity index (χ2n) is 8.43. The maximum absolute atomic E-state index is 3.32. The Hall–Kier alpha value is -1.37. The van der Waals surface area contributed by atoms with E-state index in [0.717, 1.165) is 25.7 Å². The molecular formula is C35H42Cl2GeZr-4. The van der Waals surface area contributed by atoms with E-state index in [1.54, 1.807) is 21.6 Å². The van der Waals surface area contributed by atoms with Gasteiger partial charge in [-0.2, -0.15) is 59.7 Å². The first-order valence-electron chi connectivity index (χ1n) is 12.6. The molecule has 0 radical (unpaired) electrons. The zero-order chi connectivity index (χ0) is 26.2. The van der Waals surface area contributed by atoms with Crippen LogP contribution in [0.1, 0.15) is 62.8 Å². The van der Waals surface area contributed by atoms with Crippen LogP contribution in [0.4, 0.5) is 0 Å². The summed E-state index contributed by atoms with van der Waals surface area (Å²) in [5.41, 5.74) is 10.7. The third-order valence-corrected chi connectivity index (χ3v) is 6.11. The van der Waals surface area contributed by atoms with E-state index in [2.05, 4.69) is 107 Å². The molecule has 0 nitrogen and oxygen atoms in total. The van der Waals surface area contributed by atoms with E-state index in [4.69, 9.17) is 0 Å². The molecule has 3 aromatic carbocycles. The molecule has 0 aromatic heterocycles. The number of rotatable bonds is 4. The fourth-order valence-electron chi connectivity index (χ4n) is 3.96. The Labute approximate surface area is 271 Å². The summed E-state index contributed by atoms with van der Waals surface area (Å²) in [7, 11) is 0. The molecule has 5 rings (SSSR count). The summed E-state index contributed by atoms with van der Waals surface area (Å²) in [6, 6.07) is 30.2. The summed E-state index contributed by atoms with van der Waals surface area (Å²) in [6.45, 7) is 8.63. The zero-order valence-electron chi connectivity index (χ0n) is 24.0. The second-order valence-corrected chi connectivity index (χ2v) is 8.43. The molecule has 2 aliphatic carbocycles. The van der Waals surface area contributed by atoms with Crippen molar-refractivity contribution in [1.29, 1.82) is 0 Å². The smallest absolute Gasteiger partial charge is 0.171 e. The number of benzene rings is 3. The molecule has 208 valence electrons. The number of hydrogen-bond acceptors (Lipinski definition) is 0. The van der Waals surface area contributed by atoms with Crippen LogP contribution in [0.15, 0.2) is 102 Å². The molecule has 0 atom stereocenters. The van der Waals surface area contributed by atoms with Crippen molar-refractivity contribution in [2.45, 2.75) is 53.4 Å². The van der Waals surface area contributed by atoms with Crippen molar-refractivity contribution in [2.75, 3.05) is 0 Å². The Kier molecular flexibility index (Phi) is 23.8. The molecule has 3 aromatic rings. The third-order valence-electron chi connectivity index (χ3n) is 6.11. The maximum Gasteiger partial charge on any atom is -0.171 e. The third kappa shape index (κ3) is 13.7. The molecule has 0 spiro atoms. The van der Waals surface area contributed by atoms with Gasteiger partial charge in [-0.05, 0) is 24.0 Å². The maximum atomic E-state index is 3.32. The van der Waals surface area contributed by atoms with Gasteiger partial charge < -0.3 is 7.43 Å². The minimum Gasteiger partial charge on any atom is -0.184 e. The van der Waals surface area contributed by atoms with Crippen molar-refractivity contribution >= 4 is 48.1 Å². The van der Waals surface area contributed by atoms with E-state index in [0.29, 0.717) is 0 Å². The van der Waals surface area contributed by atoms with Crippen molar-refractivity contribution in [1.82, 2.24) is 0 Å². The van der Waals surface area contributed by atoms with E-state index in [1.807, 2.05) is 30.3 Å². The predicted molar refractivity (Wildman–Crippen MR) is 176 cm³/mol. The Balaban J connectivity index is 0. The SMILES string of the molecule is CCc1ccc(C2=CC[C-]=C2C)cc1.CCc1ccc(C2=CC[C-]=C2C)cc1.Cl.Cl.[CH3-].[GeH2]=[Zr].[c-]1ccccc1. The first-order chi connectivity index (χ1) is 17.6. The van der Waals surface area contributed by atoms with Crippen molar-refractivity contribution in [2.24, 2.45) is 0 Å². The molecule has 0 fully saturated rings. The van der Waals surface area contributed by atoms with Crippen molar-refractivity contribution < 1.29 is 21.6 Å². The molecule has 0 saturated carbocycles. The minimum absolute atomic E-state index is 0. The van der Waals surface area contributed by atoms with Gasteiger partial charge in [-0.15, -0.1) is 48.8 Å². The van der Waals surface area contributed by atoms with E-state index in [-0.39, 0.29) is 32.2 Å². The van der Waals surface area contributed by atoms with E-state index in [9.17, 15) is 0 Å². The Bertz CT molecular complexity index is 1070. The summed E-state index contributed by atoms with van der Waals surface area (Å²) < 4.78 is 0. The molecule has 0 bridgehead atoms.